The minimum atomic E-state index is 0.0437. The zero-order chi connectivity index (χ0) is 10.4. The van der Waals surface area contributed by atoms with E-state index >= 15 is 0 Å². The zero-order valence-electron chi connectivity index (χ0n) is 8.00. The largest absolute Gasteiger partial charge is 0.310 e. The maximum atomic E-state index is 8.56. The number of nitrogens with one attached hydrogen (secondary N) is 1. The summed E-state index contributed by atoms with van der Waals surface area (Å²) in [7, 11) is 0. The number of halogens is 1. The second-order valence-corrected chi connectivity index (χ2v) is 3.93. The molecule has 0 aromatic carbocycles. The summed E-state index contributed by atoms with van der Waals surface area (Å²) < 4.78 is 0.838. The lowest BCUT2D eigenvalue weighted by Gasteiger charge is -2.05. The summed E-state index contributed by atoms with van der Waals surface area (Å²) in [5, 5.41) is 11.7. The normalized spacial score (nSPS) is 12.1. The van der Waals surface area contributed by atoms with E-state index in [0.717, 1.165) is 10.3 Å². The van der Waals surface area contributed by atoms with E-state index in [-0.39, 0.29) is 5.92 Å². The second-order valence-electron chi connectivity index (χ2n) is 3.11. The van der Waals surface area contributed by atoms with E-state index < -0.39 is 0 Å². The van der Waals surface area contributed by atoms with Crippen molar-refractivity contribution >= 4 is 15.9 Å². The first-order valence-corrected chi connectivity index (χ1v) is 5.23. The van der Waals surface area contributed by atoms with Gasteiger partial charge in [0.15, 0.2) is 0 Å². The van der Waals surface area contributed by atoms with Gasteiger partial charge in [0.05, 0.1) is 17.7 Å². The van der Waals surface area contributed by atoms with Gasteiger partial charge in [-0.15, -0.1) is 0 Å². The molecular formula is C10H12BrN3. The van der Waals surface area contributed by atoms with Gasteiger partial charge in [0.25, 0.3) is 0 Å². The molecule has 0 aliphatic rings. The van der Waals surface area contributed by atoms with Crippen LogP contribution < -0.4 is 5.32 Å². The number of rotatable bonds is 4. The molecule has 1 heterocycles. The van der Waals surface area contributed by atoms with Crippen LogP contribution in [0.1, 0.15) is 12.6 Å². The SMILES string of the molecule is CC(C#N)CNCc1cccc(Br)n1. The molecule has 0 spiro atoms. The summed E-state index contributed by atoms with van der Waals surface area (Å²) in [6.45, 7) is 3.29. The summed E-state index contributed by atoms with van der Waals surface area (Å²) in [5.74, 6) is 0.0437. The fourth-order valence-electron chi connectivity index (χ4n) is 1.01. The van der Waals surface area contributed by atoms with Gasteiger partial charge in [0, 0.05) is 13.1 Å². The molecule has 0 fully saturated rings. The highest BCUT2D eigenvalue weighted by Crippen LogP contribution is 2.05. The Labute approximate surface area is 92.3 Å². The van der Waals surface area contributed by atoms with Gasteiger partial charge < -0.3 is 5.32 Å². The predicted octanol–water partition coefficient (Wildman–Crippen LogP) is 2.09. The van der Waals surface area contributed by atoms with E-state index in [4.69, 9.17) is 5.26 Å². The number of aromatic nitrogens is 1. The Kier molecular flexibility index (Phi) is 4.57. The Morgan fingerprint density at radius 3 is 3.07 bits per heavy atom. The lowest BCUT2D eigenvalue weighted by molar-refractivity contribution is 0.595. The van der Waals surface area contributed by atoms with Crippen molar-refractivity contribution in [3.05, 3.63) is 28.5 Å². The molecule has 74 valence electrons. The van der Waals surface area contributed by atoms with Gasteiger partial charge in [-0.25, -0.2) is 4.98 Å². The third kappa shape index (κ3) is 3.86. The van der Waals surface area contributed by atoms with Crippen molar-refractivity contribution in [3.63, 3.8) is 0 Å². The highest BCUT2D eigenvalue weighted by molar-refractivity contribution is 9.10. The van der Waals surface area contributed by atoms with Crippen molar-refractivity contribution in [2.45, 2.75) is 13.5 Å². The monoisotopic (exact) mass is 253 g/mol. The lowest BCUT2D eigenvalue weighted by Crippen LogP contribution is -2.20. The summed E-state index contributed by atoms with van der Waals surface area (Å²) in [6, 6.07) is 7.96. The van der Waals surface area contributed by atoms with Crippen LogP contribution in [0, 0.1) is 17.2 Å². The molecule has 0 bridgehead atoms. The summed E-state index contributed by atoms with van der Waals surface area (Å²) in [5.41, 5.74) is 0.976. The summed E-state index contributed by atoms with van der Waals surface area (Å²) in [4.78, 5) is 4.27. The van der Waals surface area contributed by atoms with Gasteiger partial charge in [-0.05, 0) is 35.0 Å². The first-order valence-electron chi connectivity index (χ1n) is 4.44. The molecule has 1 aromatic heterocycles. The quantitative estimate of drug-likeness (QED) is 0.837. The minimum absolute atomic E-state index is 0.0437. The Hall–Kier alpha value is -0.920. The number of nitrogens with zero attached hydrogens (tertiary/aromatic N) is 2. The van der Waals surface area contributed by atoms with Gasteiger partial charge in [-0.3, -0.25) is 0 Å². The molecule has 0 saturated carbocycles. The zero-order valence-corrected chi connectivity index (χ0v) is 9.58. The van der Waals surface area contributed by atoms with Crippen molar-refractivity contribution in [2.75, 3.05) is 6.54 Å². The highest BCUT2D eigenvalue weighted by Gasteiger charge is 1.99. The van der Waals surface area contributed by atoms with Crippen molar-refractivity contribution in [2.24, 2.45) is 5.92 Å². The standard InChI is InChI=1S/C10H12BrN3/c1-8(5-12)6-13-7-9-3-2-4-10(11)14-9/h2-4,8,13H,6-7H2,1H3. The second kappa shape index (κ2) is 5.74. The maximum Gasteiger partial charge on any atom is 0.106 e. The third-order valence-electron chi connectivity index (χ3n) is 1.75. The molecule has 14 heavy (non-hydrogen) atoms. The molecule has 3 nitrogen and oxygen atoms in total. The van der Waals surface area contributed by atoms with Gasteiger partial charge >= 0.3 is 0 Å². The third-order valence-corrected chi connectivity index (χ3v) is 2.19. The number of hydrogen-bond acceptors (Lipinski definition) is 3. The Bertz CT molecular complexity index is 332. The fourth-order valence-corrected chi connectivity index (χ4v) is 1.39. The molecule has 1 atom stereocenters. The van der Waals surface area contributed by atoms with Crippen LogP contribution in [0.5, 0.6) is 0 Å². The number of hydrogen-bond donors (Lipinski definition) is 1. The maximum absolute atomic E-state index is 8.56. The van der Waals surface area contributed by atoms with Crippen molar-refractivity contribution in [1.29, 1.82) is 5.26 Å². The predicted molar refractivity (Wildman–Crippen MR) is 58.4 cm³/mol. The molecule has 1 unspecified atom stereocenters. The van der Waals surface area contributed by atoms with E-state index in [1.165, 1.54) is 0 Å². The summed E-state index contributed by atoms with van der Waals surface area (Å²) >= 11 is 3.31. The van der Waals surface area contributed by atoms with Crippen LogP contribution in [-0.4, -0.2) is 11.5 Å². The van der Waals surface area contributed by atoms with Gasteiger partial charge in [-0.2, -0.15) is 5.26 Å². The molecular weight excluding hydrogens is 242 g/mol. The lowest BCUT2D eigenvalue weighted by atomic mass is 10.2. The van der Waals surface area contributed by atoms with E-state index in [0.29, 0.717) is 13.1 Å². The molecule has 1 rings (SSSR count). The van der Waals surface area contributed by atoms with Crippen LogP contribution in [0.15, 0.2) is 22.8 Å². The smallest absolute Gasteiger partial charge is 0.106 e. The molecule has 1 aromatic rings. The number of pyridine rings is 1. The van der Waals surface area contributed by atoms with Crippen molar-refractivity contribution in [3.8, 4) is 6.07 Å². The minimum Gasteiger partial charge on any atom is -0.310 e. The average molecular weight is 254 g/mol. The number of nitriles is 1. The topological polar surface area (TPSA) is 48.7 Å². The van der Waals surface area contributed by atoms with Crippen LogP contribution in [0.25, 0.3) is 0 Å². The highest BCUT2D eigenvalue weighted by atomic mass is 79.9. The van der Waals surface area contributed by atoms with Crippen LogP contribution in [0.4, 0.5) is 0 Å². The molecule has 0 saturated heterocycles. The molecule has 0 aliphatic carbocycles. The Morgan fingerprint density at radius 1 is 1.64 bits per heavy atom. The van der Waals surface area contributed by atoms with Crippen molar-refractivity contribution < 1.29 is 0 Å². The van der Waals surface area contributed by atoms with Crippen molar-refractivity contribution in [1.82, 2.24) is 10.3 Å². The first-order chi connectivity index (χ1) is 6.72. The van der Waals surface area contributed by atoms with Gasteiger partial charge in [0.1, 0.15) is 4.60 Å². The Balaban J connectivity index is 2.36. The van der Waals surface area contributed by atoms with E-state index in [1.54, 1.807) is 0 Å². The van der Waals surface area contributed by atoms with Crippen LogP contribution in [-0.2, 0) is 6.54 Å². The molecule has 1 N–H and O–H groups in total. The molecule has 0 aliphatic heterocycles. The van der Waals surface area contributed by atoms with E-state index in [2.05, 4.69) is 32.3 Å². The Morgan fingerprint density at radius 2 is 2.43 bits per heavy atom. The van der Waals surface area contributed by atoms with Crippen LogP contribution >= 0.6 is 15.9 Å². The van der Waals surface area contributed by atoms with Gasteiger partial charge in [0.2, 0.25) is 0 Å². The first kappa shape index (κ1) is 11.2. The average Bonchev–Trinajstić information content (AvgIpc) is 2.17. The summed E-state index contributed by atoms with van der Waals surface area (Å²) in [6.07, 6.45) is 0. The van der Waals surface area contributed by atoms with Crippen LogP contribution in [0.2, 0.25) is 0 Å². The van der Waals surface area contributed by atoms with E-state index in [9.17, 15) is 0 Å². The van der Waals surface area contributed by atoms with E-state index in [1.807, 2.05) is 25.1 Å². The molecule has 4 heteroatoms. The van der Waals surface area contributed by atoms with Crippen LogP contribution in [0.3, 0.4) is 0 Å². The molecule has 0 radical (unpaired) electrons. The van der Waals surface area contributed by atoms with Gasteiger partial charge in [-0.1, -0.05) is 6.07 Å². The molecule has 0 amide bonds. The fraction of sp³-hybridized carbons (Fsp3) is 0.400.